The van der Waals surface area contributed by atoms with Crippen LogP contribution < -0.4 is 10.4 Å². The minimum atomic E-state index is -2.03. The fourth-order valence-corrected chi connectivity index (χ4v) is 32.8. The summed E-state index contributed by atoms with van der Waals surface area (Å²) in [7, 11) is -4.83. The summed E-state index contributed by atoms with van der Waals surface area (Å²) in [6, 6.07) is 22.9. The summed E-state index contributed by atoms with van der Waals surface area (Å²) in [6.07, 6.45) is 3.57. The Morgan fingerprint density at radius 3 is 1.38 bits per heavy atom. The standard InChI is InChI=1S/C23H36Si3/c1-8-9-20-26(21-16-12-10-13-17-21,22-18-14-11-15-19-22)23(24(2,3)4)25(5,6)7/h9-20,23H,8H2,1-7H3. The lowest BCUT2D eigenvalue weighted by atomic mass is 10.4. The van der Waals surface area contributed by atoms with E-state index in [-0.39, 0.29) is 0 Å². The molecule has 0 nitrogen and oxygen atoms in total. The van der Waals surface area contributed by atoms with Gasteiger partial charge >= 0.3 is 0 Å². The zero-order valence-corrected chi connectivity index (χ0v) is 20.7. The Bertz CT molecular complexity index is 653. The van der Waals surface area contributed by atoms with Crippen LogP contribution in [0.25, 0.3) is 0 Å². The molecule has 2 rings (SSSR count). The lowest BCUT2D eigenvalue weighted by Gasteiger charge is -2.50. The van der Waals surface area contributed by atoms with Crippen molar-refractivity contribution in [1.82, 2.24) is 0 Å². The van der Waals surface area contributed by atoms with Gasteiger partial charge in [0.1, 0.15) is 8.07 Å². The van der Waals surface area contributed by atoms with Crippen LogP contribution in [0.4, 0.5) is 0 Å². The summed E-state index contributed by atoms with van der Waals surface area (Å²) >= 11 is 0. The number of rotatable bonds is 7. The van der Waals surface area contributed by atoms with Crippen molar-refractivity contribution >= 4 is 34.6 Å². The second-order valence-electron chi connectivity index (χ2n) is 9.58. The fourth-order valence-electron chi connectivity index (χ4n) is 5.19. The number of allylic oxidation sites excluding steroid dienone is 1. The largest absolute Gasteiger partial charge is 0.138 e. The SMILES string of the molecule is CCC=C[Si](c1ccccc1)(c1ccccc1)C([Si](C)(C)C)[Si](C)(C)C. The van der Waals surface area contributed by atoms with Gasteiger partial charge in [0.2, 0.25) is 0 Å². The maximum atomic E-state index is 2.69. The predicted molar refractivity (Wildman–Crippen MR) is 128 cm³/mol. The van der Waals surface area contributed by atoms with Gasteiger partial charge in [-0.15, -0.1) is 0 Å². The summed E-state index contributed by atoms with van der Waals surface area (Å²) in [6.45, 7) is 17.9. The molecule has 0 radical (unpaired) electrons. The maximum absolute atomic E-state index is 2.69. The second-order valence-corrected chi connectivity index (χ2v) is 25.7. The van der Waals surface area contributed by atoms with Gasteiger partial charge in [-0.25, -0.2) is 0 Å². The van der Waals surface area contributed by atoms with Crippen molar-refractivity contribution < 1.29 is 0 Å². The molecule has 0 atom stereocenters. The van der Waals surface area contributed by atoms with E-state index in [1.165, 1.54) is 0 Å². The van der Waals surface area contributed by atoms with Crippen molar-refractivity contribution in [3.63, 3.8) is 0 Å². The molecule has 0 aliphatic rings. The molecular weight excluding hydrogens is 361 g/mol. The Labute approximate surface area is 164 Å². The van der Waals surface area contributed by atoms with Crippen molar-refractivity contribution in [1.29, 1.82) is 0 Å². The average Bonchev–Trinajstić information content (AvgIpc) is 2.57. The molecule has 0 amide bonds. The Balaban J connectivity index is 2.93. The molecule has 3 heteroatoms. The van der Waals surface area contributed by atoms with Gasteiger partial charge in [-0.05, 0) is 11.2 Å². The summed E-state index contributed by atoms with van der Waals surface area (Å²) in [4.78, 5) is 0.843. The van der Waals surface area contributed by atoms with E-state index in [9.17, 15) is 0 Å². The van der Waals surface area contributed by atoms with E-state index in [4.69, 9.17) is 0 Å². The lowest BCUT2D eigenvalue weighted by Crippen LogP contribution is -2.70. The minimum absolute atomic E-state index is 0.843. The molecule has 0 N–H and O–H groups in total. The predicted octanol–water partition coefficient (Wildman–Crippen LogP) is 5.88. The van der Waals surface area contributed by atoms with Crippen molar-refractivity contribution in [2.45, 2.75) is 57.4 Å². The van der Waals surface area contributed by atoms with Crippen LogP contribution in [0.3, 0.4) is 0 Å². The summed E-state index contributed by atoms with van der Waals surface area (Å²) in [5.74, 6) is 0. The molecule has 140 valence electrons. The quantitative estimate of drug-likeness (QED) is 0.513. The first kappa shape index (κ1) is 21.1. The normalized spacial score (nSPS) is 13.5. The van der Waals surface area contributed by atoms with Crippen LogP contribution in [0.5, 0.6) is 0 Å². The van der Waals surface area contributed by atoms with Gasteiger partial charge < -0.3 is 0 Å². The van der Waals surface area contributed by atoms with Crippen molar-refractivity contribution in [2.24, 2.45) is 0 Å². The van der Waals surface area contributed by atoms with E-state index >= 15 is 0 Å². The van der Waals surface area contributed by atoms with Gasteiger partial charge in [-0.1, -0.05) is 129 Å². The third kappa shape index (κ3) is 4.38. The number of hydrogen-bond donors (Lipinski definition) is 0. The van der Waals surface area contributed by atoms with Crippen LogP contribution in [0.2, 0.25) is 44.1 Å². The summed E-state index contributed by atoms with van der Waals surface area (Å²) in [5.41, 5.74) is 2.69. The molecule has 0 saturated heterocycles. The van der Waals surface area contributed by atoms with Crippen molar-refractivity contribution in [2.75, 3.05) is 0 Å². The van der Waals surface area contributed by atoms with Crippen molar-refractivity contribution in [3.05, 3.63) is 72.4 Å². The smallest absolute Gasteiger partial charge is 0.0920 e. The first-order valence-corrected chi connectivity index (χ1v) is 19.2. The molecule has 0 saturated carbocycles. The van der Waals surface area contributed by atoms with E-state index < -0.39 is 24.2 Å². The molecule has 0 spiro atoms. The maximum Gasteiger partial charge on any atom is 0.138 e. The van der Waals surface area contributed by atoms with E-state index in [1.54, 1.807) is 10.4 Å². The average molecular weight is 397 g/mol. The highest BCUT2D eigenvalue weighted by Crippen LogP contribution is 2.40. The Hall–Kier alpha value is -1.17. The fraction of sp³-hybridized carbons (Fsp3) is 0.391. The van der Waals surface area contributed by atoms with Gasteiger partial charge in [0.05, 0.1) is 0 Å². The van der Waals surface area contributed by atoms with Gasteiger partial charge in [0.25, 0.3) is 0 Å². The molecule has 2 aromatic rings. The third-order valence-electron chi connectivity index (χ3n) is 5.31. The monoisotopic (exact) mass is 396 g/mol. The van der Waals surface area contributed by atoms with Gasteiger partial charge in [0.15, 0.2) is 0 Å². The summed E-state index contributed by atoms with van der Waals surface area (Å²) < 4.78 is 0. The Morgan fingerprint density at radius 2 is 1.08 bits per heavy atom. The van der Waals surface area contributed by atoms with Crippen LogP contribution in [-0.2, 0) is 0 Å². The number of hydrogen-bond acceptors (Lipinski definition) is 0. The van der Waals surface area contributed by atoms with E-state index in [0.717, 1.165) is 11.2 Å². The highest BCUT2D eigenvalue weighted by atomic mass is 28.5. The molecule has 0 aliphatic carbocycles. The molecule has 0 aromatic heterocycles. The highest BCUT2D eigenvalue weighted by Gasteiger charge is 2.53. The topological polar surface area (TPSA) is 0 Å². The van der Waals surface area contributed by atoms with Gasteiger partial charge in [-0.2, -0.15) is 0 Å². The first-order chi connectivity index (χ1) is 12.1. The zero-order valence-electron chi connectivity index (χ0n) is 17.7. The molecule has 2 aromatic carbocycles. The van der Waals surface area contributed by atoms with Crippen LogP contribution in [0.15, 0.2) is 72.4 Å². The first-order valence-electron chi connectivity index (χ1n) is 9.92. The highest BCUT2D eigenvalue weighted by molar-refractivity contribution is 7.23. The van der Waals surface area contributed by atoms with E-state index in [1.807, 2.05) is 0 Å². The van der Waals surface area contributed by atoms with Crippen LogP contribution in [0.1, 0.15) is 13.3 Å². The van der Waals surface area contributed by atoms with E-state index in [0.29, 0.717) is 0 Å². The summed E-state index contributed by atoms with van der Waals surface area (Å²) in [5, 5.41) is 3.18. The molecule has 0 heterocycles. The molecule has 0 bridgehead atoms. The van der Waals surface area contributed by atoms with Crippen LogP contribution in [0, 0.1) is 0 Å². The van der Waals surface area contributed by atoms with Crippen LogP contribution >= 0.6 is 0 Å². The Kier molecular flexibility index (Phi) is 6.70. The van der Waals surface area contributed by atoms with Crippen LogP contribution in [-0.4, -0.2) is 24.2 Å². The molecular formula is C23H36Si3. The molecule has 0 aliphatic heterocycles. The zero-order chi connectivity index (χ0) is 19.4. The minimum Gasteiger partial charge on any atom is -0.0920 e. The number of benzene rings is 2. The molecule has 0 fully saturated rings. The van der Waals surface area contributed by atoms with Gasteiger partial charge in [0, 0.05) is 16.1 Å². The van der Waals surface area contributed by atoms with Gasteiger partial charge in [-0.3, -0.25) is 0 Å². The van der Waals surface area contributed by atoms with Crippen molar-refractivity contribution in [3.8, 4) is 0 Å². The Morgan fingerprint density at radius 1 is 0.692 bits per heavy atom. The lowest BCUT2D eigenvalue weighted by molar-refractivity contribution is 1.22. The van der Waals surface area contributed by atoms with E-state index in [2.05, 4.69) is 119 Å². The third-order valence-corrected chi connectivity index (χ3v) is 26.1. The second kappa shape index (κ2) is 8.24. The molecule has 26 heavy (non-hydrogen) atoms. The molecule has 0 unspecified atom stereocenters.